The van der Waals surface area contributed by atoms with E-state index in [4.69, 9.17) is 0 Å². The van der Waals surface area contributed by atoms with Gasteiger partial charge in [-0.15, -0.1) is 4.41 Å². The number of hydrogen-bond acceptors (Lipinski definition) is 3. The number of hydrazine groups is 1. The lowest BCUT2D eigenvalue weighted by Crippen LogP contribution is -2.39. The lowest BCUT2D eigenvalue weighted by Gasteiger charge is -2.25. The van der Waals surface area contributed by atoms with Crippen LogP contribution in [0.2, 0.25) is 0 Å². The maximum absolute atomic E-state index is 13.3. The predicted molar refractivity (Wildman–Crippen MR) is 115 cm³/mol. The van der Waals surface area contributed by atoms with Gasteiger partial charge in [0, 0.05) is 4.47 Å². The molecule has 1 atom stereocenters. The number of halogens is 1. The number of nitrogens with one attached hydrogen (secondary N) is 1. The Balaban J connectivity index is 1.78. The summed E-state index contributed by atoms with van der Waals surface area (Å²) in [4.78, 5) is 0.253. The van der Waals surface area contributed by atoms with E-state index >= 15 is 0 Å². The maximum Gasteiger partial charge on any atom is 0.260 e. The summed E-state index contributed by atoms with van der Waals surface area (Å²) < 4.78 is 29.0. The highest BCUT2D eigenvalue weighted by Gasteiger charge is 2.36. The molecule has 142 valence electrons. The molecule has 0 aliphatic carbocycles. The van der Waals surface area contributed by atoms with E-state index in [9.17, 15) is 8.42 Å². The van der Waals surface area contributed by atoms with Gasteiger partial charge in [-0.1, -0.05) is 76.1 Å². The molecule has 0 saturated heterocycles. The molecule has 0 aromatic heterocycles. The Bertz CT molecular complexity index is 1110. The molecule has 0 bridgehead atoms. The van der Waals surface area contributed by atoms with Gasteiger partial charge >= 0.3 is 0 Å². The molecule has 1 aliphatic rings. The minimum Gasteiger partial charge on any atom is -0.304 e. The molecule has 4 nitrogen and oxygen atoms in total. The van der Waals surface area contributed by atoms with Crippen molar-refractivity contribution in [3.63, 3.8) is 0 Å². The van der Waals surface area contributed by atoms with Crippen LogP contribution in [0.25, 0.3) is 5.70 Å². The largest absolute Gasteiger partial charge is 0.304 e. The van der Waals surface area contributed by atoms with Crippen molar-refractivity contribution in [2.45, 2.75) is 17.9 Å². The average Bonchev–Trinajstić information content (AvgIpc) is 3.16. The molecule has 0 fully saturated rings. The summed E-state index contributed by atoms with van der Waals surface area (Å²) in [5, 5.41) is 0. The molecule has 0 radical (unpaired) electrons. The van der Waals surface area contributed by atoms with Crippen molar-refractivity contribution >= 4 is 31.7 Å². The minimum atomic E-state index is -3.74. The first-order valence-electron chi connectivity index (χ1n) is 8.85. The third-order valence-corrected chi connectivity index (χ3v) is 6.91. The standard InChI is InChI=1S/C22H19BrN2O2S/c1-16-7-9-17(10-8-16)21-15-22(18-11-13-19(23)14-12-18)25(24-21)28(26,27)20-5-3-2-4-6-20/h2-15,22,24H,1H3/t22-/m0/s1. The van der Waals surface area contributed by atoms with Crippen LogP contribution in [-0.4, -0.2) is 12.8 Å². The molecule has 4 rings (SSSR count). The topological polar surface area (TPSA) is 49.4 Å². The van der Waals surface area contributed by atoms with Crippen molar-refractivity contribution in [3.8, 4) is 0 Å². The van der Waals surface area contributed by atoms with E-state index in [-0.39, 0.29) is 4.90 Å². The second kappa shape index (κ2) is 7.54. The summed E-state index contributed by atoms with van der Waals surface area (Å²) in [5.74, 6) is 0. The fourth-order valence-corrected chi connectivity index (χ4v) is 4.84. The Morgan fingerprint density at radius 1 is 0.893 bits per heavy atom. The van der Waals surface area contributed by atoms with Crippen LogP contribution in [-0.2, 0) is 10.0 Å². The summed E-state index contributed by atoms with van der Waals surface area (Å²) in [6.45, 7) is 2.02. The summed E-state index contributed by atoms with van der Waals surface area (Å²) in [6.07, 6.45) is 1.95. The summed E-state index contributed by atoms with van der Waals surface area (Å²) in [5.41, 5.74) is 6.88. The highest BCUT2D eigenvalue weighted by atomic mass is 79.9. The zero-order valence-corrected chi connectivity index (χ0v) is 17.6. The van der Waals surface area contributed by atoms with Gasteiger partial charge in [-0.2, -0.15) is 0 Å². The Labute approximate surface area is 173 Å². The van der Waals surface area contributed by atoms with Crippen LogP contribution in [0.15, 0.2) is 94.3 Å². The molecular weight excluding hydrogens is 436 g/mol. The first-order valence-corrected chi connectivity index (χ1v) is 11.1. The highest BCUT2D eigenvalue weighted by molar-refractivity contribution is 9.10. The van der Waals surface area contributed by atoms with Gasteiger partial charge in [-0.25, -0.2) is 8.42 Å². The highest BCUT2D eigenvalue weighted by Crippen LogP contribution is 2.35. The summed E-state index contributed by atoms with van der Waals surface area (Å²) in [6, 6.07) is 23.7. The summed E-state index contributed by atoms with van der Waals surface area (Å²) in [7, 11) is -3.74. The monoisotopic (exact) mass is 454 g/mol. The maximum atomic E-state index is 13.3. The molecule has 3 aromatic rings. The lowest BCUT2D eigenvalue weighted by atomic mass is 10.0. The van der Waals surface area contributed by atoms with Crippen LogP contribution >= 0.6 is 15.9 Å². The van der Waals surface area contributed by atoms with Crippen molar-refractivity contribution in [2.75, 3.05) is 0 Å². The molecule has 28 heavy (non-hydrogen) atoms. The SMILES string of the molecule is Cc1ccc(C2=C[C@@H](c3ccc(Br)cc3)N(S(=O)(=O)c3ccccc3)N2)cc1. The Morgan fingerprint density at radius 3 is 2.18 bits per heavy atom. The molecular formula is C22H19BrN2O2S. The number of sulfonamides is 1. The van der Waals surface area contributed by atoms with Crippen molar-refractivity contribution in [1.82, 2.24) is 9.84 Å². The second-order valence-corrected chi connectivity index (χ2v) is 9.40. The Kier molecular flexibility index (Phi) is 5.10. The van der Waals surface area contributed by atoms with E-state index in [1.807, 2.05) is 61.5 Å². The van der Waals surface area contributed by atoms with Gasteiger partial charge in [0.25, 0.3) is 10.0 Å². The number of benzene rings is 3. The lowest BCUT2D eigenvalue weighted by molar-refractivity contribution is 0.348. The molecule has 1 heterocycles. The molecule has 1 aliphatic heterocycles. The van der Waals surface area contributed by atoms with Gasteiger partial charge in [-0.05, 0) is 48.4 Å². The molecule has 1 N–H and O–H groups in total. The zero-order valence-electron chi connectivity index (χ0n) is 15.2. The third kappa shape index (κ3) is 3.63. The van der Waals surface area contributed by atoms with E-state index < -0.39 is 16.1 Å². The normalized spacial score (nSPS) is 17.2. The Morgan fingerprint density at radius 2 is 1.54 bits per heavy atom. The zero-order chi connectivity index (χ0) is 19.7. The smallest absolute Gasteiger partial charge is 0.260 e. The van der Waals surface area contributed by atoms with Crippen LogP contribution in [0, 0.1) is 6.92 Å². The van der Waals surface area contributed by atoms with E-state index in [1.54, 1.807) is 30.3 Å². The van der Waals surface area contributed by atoms with Crippen LogP contribution < -0.4 is 5.43 Å². The number of rotatable bonds is 4. The predicted octanol–water partition coefficient (Wildman–Crippen LogP) is 5.05. The van der Waals surface area contributed by atoms with E-state index in [0.717, 1.165) is 26.9 Å². The van der Waals surface area contributed by atoms with Crippen molar-refractivity contribution in [2.24, 2.45) is 0 Å². The van der Waals surface area contributed by atoms with Gasteiger partial charge < -0.3 is 5.43 Å². The Hall–Kier alpha value is -2.41. The second-order valence-electron chi connectivity index (χ2n) is 6.67. The summed E-state index contributed by atoms with van der Waals surface area (Å²) >= 11 is 3.44. The molecule has 6 heteroatoms. The molecule has 0 spiro atoms. The number of nitrogens with zero attached hydrogens (tertiary/aromatic N) is 1. The number of hydrogen-bond donors (Lipinski definition) is 1. The third-order valence-electron chi connectivity index (χ3n) is 4.68. The first kappa shape index (κ1) is 18.9. The van der Waals surface area contributed by atoms with Crippen molar-refractivity contribution < 1.29 is 8.42 Å². The first-order chi connectivity index (χ1) is 13.4. The minimum absolute atomic E-state index is 0.253. The number of aryl methyl sites for hydroxylation is 1. The van der Waals surface area contributed by atoms with Crippen molar-refractivity contribution in [3.05, 3.63) is 106 Å². The van der Waals surface area contributed by atoms with Gasteiger partial charge in [-0.3, -0.25) is 0 Å². The molecule has 3 aromatic carbocycles. The molecule has 0 amide bonds. The van der Waals surface area contributed by atoms with Gasteiger partial charge in [0.1, 0.15) is 0 Å². The van der Waals surface area contributed by atoms with Crippen molar-refractivity contribution in [1.29, 1.82) is 0 Å². The average molecular weight is 455 g/mol. The fraction of sp³-hybridized carbons (Fsp3) is 0.0909. The van der Waals surface area contributed by atoms with Gasteiger partial charge in [0.15, 0.2) is 0 Å². The van der Waals surface area contributed by atoms with E-state index in [2.05, 4.69) is 21.4 Å². The molecule has 0 saturated carbocycles. The van der Waals surface area contributed by atoms with Crippen LogP contribution in [0.4, 0.5) is 0 Å². The van der Waals surface area contributed by atoms with Crippen LogP contribution in [0.3, 0.4) is 0 Å². The van der Waals surface area contributed by atoms with E-state index in [1.165, 1.54) is 4.41 Å². The van der Waals surface area contributed by atoms with E-state index in [0.29, 0.717) is 0 Å². The fourth-order valence-electron chi connectivity index (χ4n) is 3.15. The molecule has 0 unspecified atom stereocenters. The quantitative estimate of drug-likeness (QED) is 0.599. The van der Waals surface area contributed by atoms with Crippen LogP contribution in [0.5, 0.6) is 0 Å². The van der Waals surface area contributed by atoms with Gasteiger partial charge in [0.2, 0.25) is 0 Å². The van der Waals surface area contributed by atoms with Gasteiger partial charge in [0.05, 0.1) is 16.6 Å². The van der Waals surface area contributed by atoms with Crippen LogP contribution in [0.1, 0.15) is 22.7 Å².